The topological polar surface area (TPSA) is 140 Å². The lowest BCUT2D eigenvalue weighted by atomic mass is 10.3. The van der Waals surface area contributed by atoms with Gasteiger partial charge in [0, 0.05) is 24.4 Å². The van der Waals surface area contributed by atoms with Gasteiger partial charge in [-0.2, -0.15) is 0 Å². The van der Waals surface area contributed by atoms with E-state index >= 15 is 0 Å². The third-order valence-electron chi connectivity index (χ3n) is 3.07. The van der Waals surface area contributed by atoms with E-state index in [0.717, 1.165) is 11.8 Å². The summed E-state index contributed by atoms with van der Waals surface area (Å²) in [6.45, 7) is 0.113. The summed E-state index contributed by atoms with van der Waals surface area (Å²) in [5, 5.41) is 13.6. The highest BCUT2D eigenvalue weighted by molar-refractivity contribution is 14.0. The first kappa shape index (κ1) is 21.8. The first-order chi connectivity index (χ1) is 11.9. The number of nitrogens with two attached hydrogens (primary N) is 1. The summed E-state index contributed by atoms with van der Waals surface area (Å²) >= 11 is 0. The lowest BCUT2D eigenvalue weighted by Crippen LogP contribution is -2.28. The van der Waals surface area contributed by atoms with E-state index in [4.69, 9.17) is 5.73 Å². The van der Waals surface area contributed by atoms with Gasteiger partial charge in [0.05, 0.1) is 16.4 Å². The van der Waals surface area contributed by atoms with Crippen molar-refractivity contribution in [3.8, 4) is 0 Å². The number of halogens is 1. The van der Waals surface area contributed by atoms with Crippen LogP contribution in [0, 0.1) is 10.1 Å². The quantitative estimate of drug-likeness (QED) is 0.135. The first-order valence-electron chi connectivity index (χ1n) is 7.24. The second-order valence-electron chi connectivity index (χ2n) is 4.91. The van der Waals surface area contributed by atoms with Crippen LogP contribution in [0.25, 0.3) is 0 Å². The predicted molar refractivity (Wildman–Crippen MR) is 110 cm³/mol. The maximum Gasteiger partial charge on any atom is 0.270 e. The Hall–Kier alpha value is -2.25. The number of non-ortho nitro benzene ring substituents is 1. The van der Waals surface area contributed by atoms with Crippen LogP contribution in [0.15, 0.2) is 64.5 Å². The summed E-state index contributed by atoms with van der Waals surface area (Å²) in [6.07, 6.45) is 0. The van der Waals surface area contributed by atoms with Gasteiger partial charge in [-0.05, 0) is 18.2 Å². The average Bonchev–Trinajstić information content (AvgIpc) is 2.60. The molecule has 2 aromatic rings. The average molecular weight is 491 g/mol. The number of nitrogens with zero attached hydrogens (tertiary/aromatic N) is 2. The molecule has 0 saturated carbocycles. The normalized spacial score (nSPS) is 11.5. The van der Waals surface area contributed by atoms with Crippen LogP contribution in [-0.2, 0) is 10.0 Å². The third kappa shape index (κ3) is 6.57. The summed E-state index contributed by atoms with van der Waals surface area (Å²) < 4.78 is 26.5. The molecule has 0 spiro atoms. The van der Waals surface area contributed by atoms with E-state index in [1.165, 1.54) is 18.2 Å². The minimum absolute atomic E-state index is 0. The number of rotatable bonds is 7. The van der Waals surface area contributed by atoms with Gasteiger partial charge in [-0.1, -0.05) is 24.3 Å². The molecule has 4 N–H and O–H groups in total. The molecule has 140 valence electrons. The zero-order chi connectivity index (χ0) is 18.3. The van der Waals surface area contributed by atoms with Crippen molar-refractivity contribution in [2.45, 2.75) is 4.90 Å². The Labute approximate surface area is 167 Å². The van der Waals surface area contributed by atoms with Gasteiger partial charge in [-0.15, -0.1) is 24.0 Å². The number of aliphatic imine (C=N–C) groups is 1. The van der Waals surface area contributed by atoms with Crippen molar-refractivity contribution in [1.29, 1.82) is 0 Å². The lowest BCUT2D eigenvalue weighted by Gasteiger charge is -2.07. The number of para-hydroxylation sites is 1. The maximum atomic E-state index is 12.1. The smallest absolute Gasteiger partial charge is 0.270 e. The Morgan fingerprint density at radius 1 is 1.15 bits per heavy atom. The van der Waals surface area contributed by atoms with Crippen LogP contribution in [0.5, 0.6) is 0 Å². The van der Waals surface area contributed by atoms with Crippen molar-refractivity contribution in [3.05, 3.63) is 64.7 Å². The van der Waals surface area contributed by atoms with Gasteiger partial charge in [0.15, 0.2) is 5.96 Å². The Balaban J connectivity index is 0.00000338. The number of anilines is 1. The van der Waals surface area contributed by atoms with Gasteiger partial charge >= 0.3 is 0 Å². The van der Waals surface area contributed by atoms with Crippen LogP contribution < -0.4 is 15.8 Å². The molecule has 0 aliphatic heterocycles. The van der Waals surface area contributed by atoms with Gasteiger partial charge in [-0.3, -0.25) is 15.1 Å². The SMILES string of the molecule is I.NC(=NCCNS(=O)(=O)c1cccc([N+](=O)[O-])c1)Nc1ccccc1. The van der Waals surface area contributed by atoms with Gasteiger partial charge in [0.2, 0.25) is 10.0 Å². The molecule has 0 amide bonds. The van der Waals surface area contributed by atoms with Crippen LogP contribution in [0.4, 0.5) is 11.4 Å². The number of nitrogens with one attached hydrogen (secondary N) is 2. The first-order valence-corrected chi connectivity index (χ1v) is 8.73. The molecule has 0 radical (unpaired) electrons. The highest BCUT2D eigenvalue weighted by atomic mass is 127. The standard InChI is InChI=1S/C15H17N5O4S.HI/c16-15(19-12-5-2-1-3-6-12)17-9-10-18-25(23,24)14-8-4-7-13(11-14)20(21)22;/h1-8,11,18H,9-10H2,(H3,16,17,19);1H. The predicted octanol–water partition coefficient (Wildman–Crippen LogP) is 1.92. The minimum Gasteiger partial charge on any atom is -0.370 e. The van der Waals surface area contributed by atoms with E-state index in [1.54, 1.807) is 0 Å². The molecule has 2 aromatic carbocycles. The molecule has 0 aromatic heterocycles. The van der Waals surface area contributed by atoms with Crippen LogP contribution >= 0.6 is 24.0 Å². The Bertz CT molecular complexity index is 875. The number of nitro groups is 1. The fraction of sp³-hybridized carbons (Fsp3) is 0.133. The molecule has 0 aliphatic carbocycles. The van der Waals surface area contributed by atoms with Crippen molar-refractivity contribution in [2.75, 3.05) is 18.4 Å². The molecular formula is C15H18IN5O4S. The van der Waals surface area contributed by atoms with E-state index in [0.29, 0.717) is 0 Å². The number of nitro benzene ring substituents is 1. The number of benzene rings is 2. The highest BCUT2D eigenvalue weighted by Crippen LogP contribution is 2.16. The molecule has 2 rings (SSSR count). The van der Waals surface area contributed by atoms with Crippen LogP contribution in [-0.4, -0.2) is 32.4 Å². The van der Waals surface area contributed by atoms with E-state index < -0.39 is 14.9 Å². The molecule has 0 atom stereocenters. The molecule has 0 aliphatic rings. The zero-order valence-corrected chi connectivity index (χ0v) is 16.7. The van der Waals surface area contributed by atoms with Gasteiger partial charge in [-0.25, -0.2) is 13.1 Å². The molecule has 11 heteroatoms. The largest absolute Gasteiger partial charge is 0.370 e. The zero-order valence-electron chi connectivity index (χ0n) is 13.5. The summed E-state index contributed by atoms with van der Waals surface area (Å²) in [6, 6.07) is 14.0. The molecular weight excluding hydrogens is 473 g/mol. The Morgan fingerprint density at radius 2 is 1.85 bits per heavy atom. The van der Waals surface area contributed by atoms with Crippen LogP contribution in [0.3, 0.4) is 0 Å². The van der Waals surface area contributed by atoms with E-state index in [-0.39, 0.29) is 53.6 Å². The van der Waals surface area contributed by atoms with Crippen molar-refractivity contribution in [2.24, 2.45) is 10.7 Å². The highest BCUT2D eigenvalue weighted by Gasteiger charge is 2.16. The van der Waals surface area contributed by atoms with Gasteiger partial charge in [0.1, 0.15) is 0 Å². The molecule has 0 heterocycles. The molecule has 0 saturated heterocycles. The molecule has 0 unspecified atom stereocenters. The van der Waals surface area contributed by atoms with Crippen molar-refractivity contribution >= 4 is 51.3 Å². The van der Waals surface area contributed by atoms with Crippen LogP contribution in [0.1, 0.15) is 0 Å². The van der Waals surface area contributed by atoms with Crippen LogP contribution in [0.2, 0.25) is 0 Å². The van der Waals surface area contributed by atoms with E-state index in [1.807, 2.05) is 30.3 Å². The lowest BCUT2D eigenvalue weighted by molar-refractivity contribution is -0.385. The summed E-state index contributed by atoms with van der Waals surface area (Å²) in [5.41, 5.74) is 6.18. The summed E-state index contributed by atoms with van der Waals surface area (Å²) in [7, 11) is -3.86. The second kappa shape index (κ2) is 10.0. The van der Waals surface area contributed by atoms with E-state index in [9.17, 15) is 18.5 Å². The van der Waals surface area contributed by atoms with Crippen molar-refractivity contribution in [3.63, 3.8) is 0 Å². The minimum atomic E-state index is -3.86. The fourth-order valence-corrected chi connectivity index (χ4v) is 2.97. The fourth-order valence-electron chi connectivity index (χ4n) is 1.91. The number of hydrogen-bond acceptors (Lipinski definition) is 5. The van der Waals surface area contributed by atoms with Gasteiger partial charge in [0.25, 0.3) is 5.69 Å². The molecule has 9 nitrogen and oxygen atoms in total. The van der Waals surface area contributed by atoms with E-state index in [2.05, 4.69) is 15.0 Å². The number of sulfonamides is 1. The van der Waals surface area contributed by atoms with Crippen molar-refractivity contribution in [1.82, 2.24) is 4.72 Å². The molecule has 0 bridgehead atoms. The summed E-state index contributed by atoms with van der Waals surface area (Å²) in [5.74, 6) is 0.153. The maximum absolute atomic E-state index is 12.1. The Morgan fingerprint density at radius 3 is 2.50 bits per heavy atom. The number of guanidine groups is 1. The molecule has 0 fully saturated rings. The summed E-state index contributed by atoms with van der Waals surface area (Å²) in [4.78, 5) is 13.9. The third-order valence-corrected chi connectivity index (χ3v) is 4.53. The Kier molecular flexibility index (Phi) is 8.41. The monoisotopic (exact) mass is 491 g/mol. The number of hydrogen-bond donors (Lipinski definition) is 3. The molecule has 26 heavy (non-hydrogen) atoms. The second-order valence-corrected chi connectivity index (χ2v) is 6.68. The van der Waals surface area contributed by atoms with Crippen molar-refractivity contribution < 1.29 is 13.3 Å². The van der Waals surface area contributed by atoms with Gasteiger partial charge < -0.3 is 11.1 Å².